The summed E-state index contributed by atoms with van der Waals surface area (Å²) in [5.41, 5.74) is 3.49. The van der Waals surface area contributed by atoms with Crippen LogP contribution in [0, 0.1) is 13.8 Å². The number of hydrogen-bond acceptors (Lipinski definition) is 5. The number of amides is 1. The second kappa shape index (κ2) is 5.82. The van der Waals surface area contributed by atoms with Crippen LogP contribution < -0.4 is 5.32 Å². The Morgan fingerprint density at radius 1 is 1.12 bits per heavy atom. The molecule has 25 heavy (non-hydrogen) atoms. The molecule has 3 aromatic heterocycles. The average Bonchev–Trinajstić information content (AvgIpc) is 3.22. The Morgan fingerprint density at radius 3 is 2.72 bits per heavy atom. The maximum atomic E-state index is 12.5. The standard InChI is InChI=1S/C17H15N7O/c1-10-11(2)21-14-13(10)15(19-8-18-14)22-17(25)16-20-9-24(23-16)12-6-4-3-5-7-12/h3-9H,1-2H3,(H2,18,19,21,22,25). The fourth-order valence-corrected chi connectivity index (χ4v) is 2.62. The number of aryl methyl sites for hydroxylation is 2. The van der Waals surface area contributed by atoms with Crippen molar-refractivity contribution in [1.29, 1.82) is 0 Å². The van der Waals surface area contributed by atoms with E-state index in [-0.39, 0.29) is 5.82 Å². The summed E-state index contributed by atoms with van der Waals surface area (Å²) in [5.74, 6) is 0.0846. The molecule has 8 heteroatoms. The predicted octanol–water partition coefficient (Wildman–Crippen LogP) is 2.41. The lowest BCUT2D eigenvalue weighted by Crippen LogP contribution is -2.15. The summed E-state index contributed by atoms with van der Waals surface area (Å²) in [6, 6.07) is 9.47. The van der Waals surface area contributed by atoms with Gasteiger partial charge in [0.15, 0.2) is 0 Å². The first-order valence-corrected chi connectivity index (χ1v) is 7.72. The predicted molar refractivity (Wildman–Crippen MR) is 92.7 cm³/mol. The molecular weight excluding hydrogens is 318 g/mol. The molecule has 3 heterocycles. The van der Waals surface area contributed by atoms with E-state index in [0.717, 1.165) is 22.3 Å². The molecule has 0 radical (unpaired) electrons. The first-order chi connectivity index (χ1) is 12.1. The third-order valence-corrected chi connectivity index (χ3v) is 4.04. The van der Waals surface area contributed by atoms with Crippen molar-refractivity contribution in [2.45, 2.75) is 13.8 Å². The number of anilines is 1. The largest absolute Gasteiger partial charge is 0.343 e. The lowest BCUT2D eigenvalue weighted by atomic mass is 10.2. The van der Waals surface area contributed by atoms with Crippen LogP contribution in [0.3, 0.4) is 0 Å². The van der Waals surface area contributed by atoms with E-state index in [1.807, 2.05) is 44.2 Å². The quantitative estimate of drug-likeness (QED) is 0.599. The van der Waals surface area contributed by atoms with Crippen molar-refractivity contribution in [2.24, 2.45) is 0 Å². The van der Waals surface area contributed by atoms with Gasteiger partial charge in [-0.25, -0.2) is 19.6 Å². The van der Waals surface area contributed by atoms with Crippen LogP contribution in [0.5, 0.6) is 0 Å². The third-order valence-electron chi connectivity index (χ3n) is 4.04. The average molecular weight is 333 g/mol. The molecule has 0 saturated heterocycles. The molecule has 0 spiro atoms. The number of H-pyrrole nitrogens is 1. The van der Waals surface area contributed by atoms with Crippen LogP contribution in [0.4, 0.5) is 5.82 Å². The van der Waals surface area contributed by atoms with E-state index in [0.29, 0.717) is 11.5 Å². The monoisotopic (exact) mass is 333 g/mol. The van der Waals surface area contributed by atoms with Crippen molar-refractivity contribution in [3.8, 4) is 5.69 Å². The zero-order chi connectivity index (χ0) is 17.4. The van der Waals surface area contributed by atoms with Gasteiger partial charge in [-0.3, -0.25) is 4.79 Å². The third kappa shape index (κ3) is 2.63. The number of aromatic nitrogens is 6. The van der Waals surface area contributed by atoms with Gasteiger partial charge in [0, 0.05) is 5.69 Å². The van der Waals surface area contributed by atoms with Gasteiger partial charge in [-0.15, -0.1) is 5.10 Å². The summed E-state index contributed by atoms with van der Waals surface area (Å²) < 4.78 is 1.55. The van der Waals surface area contributed by atoms with Crippen LogP contribution >= 0.6 is 0 Å². The normalized spacial score (nSPS) is 11.0. The van der Waals surface area contributed by atoms with E-state index < -0.39 is 5.91 Å². The first kappa shape index (κ1) is 15.0. The maximum absolute atomic E-state index is 12.5. The number of rotatable bonds is 3. The molecule has 0 aliphatic carbocycles. The SMILES string of the molecule is Cc1[nH]c2ncnc(NC(=O)c3ncn(-c4ccccc4)n3)c2c1C. The van der Waals surface area contributed by atoms with Crippen molar-refractivity contribution in [3.63, 3.8) is 0 Å². The van der Waals surface area contributed by atoms with Crippen LogP contribution in [0.2, 0.25) is 0 Å². The number of para-hydroxylation sites is 1. The molecule has 124 valence electrons. The number of nitrogens with zero attached hydrogens (tertiary/aromatic N) is 5. The Bertz CT molecular complexity index is 1070. The number of carbonyl (C=O) groups is 1. The summed E-state index contributed by atoms with van der Waals surface area (Å²) in [5, 5.41) is 7.79. The lowest BCUT2D eigenvalue weighted by Gasteiger charge is -2.04. The fourth-order valence-electron chi connectivity index (χ4n) is 2.62. The molecule has 1 aromatic carbocycles. The second-order valence-electron chi connectivity index (χ2n) is 5.62. The van der Waals surface area contributed by atoms with E-state index in [1.54, 1.807) is 4.68 Å². The molecule has 1 amide bonds. The van der Waals surface area contributed by atoms with Gasteiger partial charge in [0.1, 0.15) is 24.1 Å². The van der Waals surface area contributed by atoms with Gasteiger partial charge in [0.25, 0.3) is 5.91 Å². The van der Waals surface area contributed by atoms with E-state index in [9.17, 15) is 4.79 Å². The molecular formula is C17H15N7O. The minimum atomic E-state index is -0.423. The van der Waals surface area contributed by atoms with Crippen molar-refractivity contribution in [1.82, 2.24) is 29.7 Å². The summed E-state index contributed by atoms with van der Waals surface area (Å²) in [7, 11) is 0. The summed E-state index contributed by atoms with van der Waals surface area (Å²) in [4.78, 5) is 28.1. The van der Waals surface area contributed by atoms with Crippen LogP contribution in [0.25, 0.3) is 16.7 Å². The molecule has 0 atom stereocenters. The van der Waals surface area contributed by atoms with E-state index in [1.165, 1.54) is 12.7 Å². The van der Waals surface area contributed by atoms with Crippen molar-refractivity contribution in [2.75, 3.05) is 5.32 Å². The molecule has 4 aromatic rings. The molecule has 0 bridgehead atoms. The van der Waals surface area contributed by atoms with Gasteiger partial charge in [0.2, 0.25) is 5.82 Å². The van der Waals surface area contributed by atoms with Crippen LogP contribution in [-0.2, 0) is 0 Å². The van der Waals surface area contributed by atoms with E-state index >= 15 is 0 Å². The molecule has 0 saturated carbocycles. The van der Waals surface area contributed by atoms with Crippen molar-refractivity contribution < 1.29 is 4.79 Å². The number of nitrogens with one attached hydrogen (secondary N) is 2. The number of carbonyl (C=O) groups excluding carboxylic acids is 1. The van der Waals surface area contributed by atoms with Gasteiger partial charge in [-0.2, -0.15) is 0 Å². The topological polar surface area (TPSA) is 101 Å². The summed E-state index contributed by atoms with van der Waals surface area (Å²) in [6.45, 7) is 3.90. The highest BCUT2D eigenvalue weighted by atomic mass is 16.2. The number of hydrogen-bond donors (Lipinski definition) is 2. The highest BCUT2D eigenvalue weighted by Crippen LogP contribution is 2.25. The zero-order valence-electron chi connectivity index (χ0n) is 13.7. The molecule has 0 aliphatic rings. The summed E-state index contributed by atoms with van der Waals surface area (Å²) >= 11 is 0. The molecule has 8 nitrogen and oxygen atoms in total. The van der Waals surface area contributed by atoms with Gasteiger partial charge >= 0.3 is 0 Å². The van der Waals surface area contributed by atoms with Crippen molar-refractivity contribution >= 4 is 22.8 Å². The molecule has 4 rings (SSSR count). The smallest absolute Gasteiger partial charge is 0.296 e. The van der Waals surface area contributed by atoms with Crippen molar-refractivity contribution in [3.05, 3.63) is 60.1 Å². The molecule has 2 N–H and O–H groups in total. The number of fused-ring (bicyclic) bond motifs is 1. The van der Waals surface area contributed by atoms with Gasteiger partial charge in [0.05, 0.1) is 11.1 Å². The second-order valence-corrected chi connectivity index (χ2v) is 5.62. The van der Waals surface area contributed by atoms with Crippen LogP contribution in [0.15, 0.2) is 43.0 Å². The molecule has 0 fully saturated rings. The molecule has 0 unspecified atom stereocenters. The first-order valence-electron chi connectivity index (χ1n) is 7.72. The number of benzene rings is 1. The van der Waals surface area contributed by atoms with Gasteiger partial charge < -0.3 is 10.3 Å². The summed E-state index contributed by atoms with van der Waals surface area (Å²) in [6.07, 6.45) is 2.91. The van der Waals surface area contributed by atoms with Gasteiger partial charge in [-0.1, -0.05) is 18.2 Å². The Balaban J connectivity index is 1.64. The Morgan fingerprint density at radius 2 is 1.92 bits per heavy atom. The lowest BCUT2D eigenvalue weighted by molar-refractivity contribution is 0.101. The van der Waals surface area contributed by atoms with Gasteiger partial charge in [-0.05, 0) is 31.5 Å². The van der Waals surface area contributed by atoms with E-state index in [2.05, 4.69) is 30.4 Å². The Labute approximate surface area is 143 Å². The highest BCUT2D eigenvalue weighted by molar-refractivity contribution is 6.06. The minimum absolute atomic E-state index is 0.0699. The van der Waals surface area contributed by atoms with Crippen LogP contribution in [0.1, 0.15) is 21.9 Å². The fraction of sp³-hybridized carbons (Fsp3) is 0.118. The molecule has 0 aliphatic heterocycles. The minimum Gasteiger partial charge on any atom is -0.343 e. The highest BCUT2D eigenvalue weighted by Gasteiger charge is 2.17. The van der Waals surface area contributed by atoms with Crippen LogP contribution in [-0.4, -0.2) is 35.6 Å². The van der Waals surface area contributed by atoms with E-state index in [4.69, 9.17) is 0 Å². The Hall–Kier alpha value is -3.55. The Kier molecular flexibility index (Phi) is 3.50. The number of aromatic amines is 1. The zero-order valence-corrected chi connectivity index (χ0v) is 13.7. The maximum Gasteiger partial charge on any atom is 0.296 e.